The number of hydrogen-bond donors (Lipinski definition) is 0. The molecule has 12 aromatic carbocycles. The number of unbranched alkanes of at least 4 members (excludes halogenated alkanes) is 7. The van der Waals surface area contributed by atoms with E-state index in [1.165, 1.54) is 161 Å². The molecule has 0 unspecified atom stereocenters. The van der Waals surface area contributed by atoms with Gasteiger partial charge in [0.2, 0.25) is 0 Å². The van der Waals surface area contributed by atoms with Crippen LogP contribution in [0.2, 0.25) is 0 Å². The smallest absolute Gasteiger partial charge is 0.344 e. The van der Waals surface area contributed by atoms with E-state index in [1.807, 2.05) is 13.8 Å². The molecule has 0 aromatic heterocycles. The fraction of sp³-hybridized carbons (Fsp3) is 0.387. The number of rotatable bonds is 32. The number of benzene rings is 12. The van der Waals surface area contributed by atoms with Gasteiger partial charge in [-0.25, -0.2) is 4.79 Å². The van der Waals surface area contributed by atoms with E-state index in [4.69, 9.17) is 23.7 Å². The van der Waals surface area contributed by atoms with E-state index in [-0.39, 0.29) is 90.5 Å². The quantitative estimate of drug-likeness (QED) is 0.0176. The summed E-state index contributed by atoms with van der Waals surface area (Å²) in [7, 11) is -0.834. The summed E-state index contributed by atoms with van der Waals surface area (Å²) in [6, 6.07) is 103. The van der Waals surface area contributed by atoms with Crippen molar-refractivity contribution in [3.8, 4) is 23.0 Å². The summed E-state index contributed by atoms with van der Waals surface area (Å²) in [6.45, 7) is 20.9. The third-order valence-electron chi connectivity index (χ3n) is 29.6. The van der Waals surface area contributed by atoms with Crippen LogP contribution in [0.25, 0.3) is 0 Å². The van der Waals surface area contributed by atoms with Crippen LogP contribution >= 0.6 is 0 Å². The third-order valence-corrected chi connectivity index (χ3v) is 38.4. The summed E-state index contributed by atoms with van der Waals surface area (Å²) in [5.74, 6) is 7.43. The van der Waals surface area contributed by atoms with Gasteiger partial charge in [-0.05, 0) is 353 Å². The molecule has 9 nitrogen and oxygen atoms in total. The molecule has 8 bridgehead atoms. The van der Waals surface area contributed by atoms with Gasteiger partial charge in [-0.2, -0.15) is 0 Å². The van der Waals surface area contributed by atoms with E-state index in [1.54, 1.807) is 0 Å². The largest absolute Gasteiger partial charge is 0.481 e. The molecule has 9 saturated carbocycles. The lowest BCUT2D eigenvalue weighted by molar-refractivity contribution is -0.166. The second kappa shape index (κ2) is 47.1. The van der Waals surface area contributed by atoms with Gasteiger partial charge in [0.1, 0.15) is 28.6 Å². The molecule has 0 saturated heterocycles. The standard InChI is InChI=1S/C32H35O2S.C31H33O2S.C31H39O2S.C30H35O3S/c1-22-13-29(35(27-9-5-3-6-10-27)28-11-7-4-8-12-28)14-23(2)31(22)34-30(33)21-32-18-24-15-25(19-32)17-26(16-24)20-32;1-21-13-28(34(26-9-5-3-6-10-26)27-11-7-4-8-12-27)14-22(2)29(21)33-30(32)31-18-23-15-24(19-31)17-25(16-23)20-31;1-4-5-6-7-8-9-10-17-22-30(32)33-31-25(2)23-29(24-26(31)3)34(27-18-13-11-14-19-27)28-20-15-12-16-21-28;1-4-30(18-12-7-13-19-30)33-28(31)22-32-29-23(2)20-27(21-24(29)3)34(25-14-8-5-9-15-25)26-16-10-6-11-17-26/h3-14,24-26H,15-21H2,1-2H3;3-14,23-25H,15-20H2,1-2H3;11-16,18-21,23-24H,4-10,17,22H2,1-3H3;5-6,8-11,14-17,20-21H,4,7,12-13,18-19,22H2,1-3H3/q4*+1. The van der Waals surface area contributed by atoms with E-state index < -0.39 is 0 Å². The lowest BCUT2D eigenvalue weighted by atomic mass is 9.49. The van der Waals surface area contributed by atoms with Crippen LogP contribution in [0.1, 0.15) is 238 Å². The van der Waals surface area contributed by atoms with Crippen molar-refractivity contribution in [1.82, 2.24) is 0 Å². The molecular weight excluding hydrogens is 1760 g/mol. The van der Waals surface area contributed by atoms with Crippen molar-refractivity contribution >= 4 is 67.5 Å². The molecule has 0 radical (unpaired) electrons. The second-order valence-corrected chi connectivity index (χ2v) is 48.6. The van der Waals surface area contributed by atoms with Crippen molar-refractivity contribution in [1.29, 1.82) is 0 Å². The maximum absolute atomic E-state index is 13.6. The van der Waals surface area contributed by atoms with E-state index in [0.29, 0.717) is 12.8 Å². The van der Waals surface area contributed by atoms with Gasteiger partial charge in [-0.3, -0.25) is 14.4 Å². The lowest BCUT2D eigenvalue weighted by Gasteiger charge is -2.56. The SMILES string of the molecule is CCC1(OC(=O)COc2c(C)cc([S+](c3ccccc3)c3ccccc3)cc2C)CCCCC1.CCCCCCCCCCC(=O)Oc1c(C)cc([S+](c2ccccc2)c2ccccc2)cc1C.Cc1cc([S+](c2ccccc2)c2ccccc2)cc(C)c1OC(=O)C12CC3CC(CC(C3)C1)C2.Cc1cc([S+](c2ccccc2)c2ccccc2)cc(C)c1OC(=O)CC12CC3CC(CC(C3)C1)C2. The van der Waals surface area contributed by atoms with E-state index in [9.17, 15) is 19.2 Å². The highest BCUT2D eigenvalue weighted by Crippen LogP contribution is 2.63. The van der Waals surface area contributed by atoms with Crippen molar-refractivity contribution in [3.05, 3.63) is 336 Å². The summed E-state index contributed by atoms with van der Waals surface area (Å²) in [5, 5.41) is 0. The maximum atomic E-state index is 13.6. The summed E-state index contributed by atoms with van der Waals surface area (Å²) < 4.78 is 30.2. The van der Waals surface area contributed by atoms with Crippen molar-refractivity contribution in [3.63, 3.8) is 0 Å². The predicted molar refractivity (Wildman–Crippen MR) is 562 cm³/mol. The fourth-order valence-electron chi connectivity index (χ4n) is 24.1. The summed E-state index contributed by atoms with van der Waals surface area (Å²) in [4.78, 5) is 67.4. The molecular formula is C124H142O9S4+4. The van der Waals surface area contributed by atoms with Crippen molar-refractivity contribution in [2.24, 2.45) is 46.3 Å². The Kier molecular flexibility index (Phi) is 34.3. The minimum atomic E-state index is -0.299. The van der Waals surface area contributed by atoms with Crippen molar-refractivity contribution in [2.75, 3.05) is 6.61 Å². The monoisotopic (exact) mass is 1900 g/mol. The van der Waals surface area contributed by atoms with Crippen LogP contribution in [0.5, 0.6) is 23.0 Å². The van der Waals surface area contributed by atoms with Crippen LogP contribution in [0.15, 0.2) is 350 Å². The summed E-state index contributed by atoms with van der Waals surface area (Å²) in [5.41, 5.74) is 7.98. The number of carbonyl (C=O) groups excluding carboxylic acids is 4. The Morgan fingerprint density at radius 2 is 0.555 bits per heavy atom. The Labute approximate surface area is 829 Å². The van der Waals surface area contributed by atoms with Gasteiger partial charge >= 0.3 is 23.9 Å². The molecule has 9 aliphatic carbocycles. The summed E-state index contributed by atoms with van der Waals surface area (Å²) >= 11 is 0. The second-order valence-electron chi connectivity index (χ2n) is 40.5. The number of hydrogen-bond acceptors (Lipinski definition) is 9. The molecule has 13 heteroatoms. The van der Waals surface area contributed by atoms with Crippen LogP contribution < -0.4 is 18.9 Å². The number of carbonyl (C=O) groups is 4. The highest BCUT2D eigenvalue weighted by Gasteiger charge is 2.57. The molecule has 0 heterocycles. The number of aryl methyl sites for hydroxylation is 8. The normalized spacial score (nSPS) is 20.1. The average Bonchev–Trinajstić information content (AvgIpc) is 0.734. The molecule has 137 heavy (non-hydrogen) atoms. The van der Waals surface area contributed by atoms with Gasteiger partial charge in [0.25, 0.3) is 0 Å². The maximum Gasteiger partial charge on any atom is 0.344 e. The molecule has 0 aliphatic heterocycles. The first kappa shape index (κ1) is 99.7. The topological polar surface area (TPSA) is 114 Å². The highest BCUT2D eigenvalue weighted by atomic mass is 32.2. The molecule has 0 atom stereocenters. The van der Waals surface area contributed by atoms with Crippen LogP contribution in [-0.2, 0) is 67.5 Å². The number of esters is 4. The first-order valence-corrected chi connectivity index (χ1v) is 55.8. The van der Waals surface area contributed by atoms with Crippen molar-refractivity contribution < 1.29 is 42.9 Å². The first-order valence-electron chi connectivity index (χ1n) is 50.9. The minimum absolute atomic E-state index is 0.0315. The van der Waals surface area contributed by atoms with Gasteiger partial charge in [0, 0.05) is 55.0 Å². The Bertz CT molecular complexity index is 5670. The van der Waals surface area contributed by atoms with Crippen LogP contribution in [0.4, 0.5) is 0 Å². The molecule has 9 fully saturated rings. The highest BCUT2D eigenvalue weighted by molar-refractivity contribution is 7.98. The number of ether oxygens (including phenoxy) is 5. The first-order chi connectivity index (χ1) is 66.6. The fourth-order valence-corrected chi connectivity index (χ4v) is 33.2. The Balaban J connectivity index is 0.000000132. The van der Waals surface area contributed by atoms with Gasteiger partial charge in [0.05, 0.1) is 55.4 Å². The van der Waals surface area contributed by atoms with Crippen LogP contribution in [0, 0.1) is 102 Å². The average molecular weight is 1900 g/mol. The molecule has 712 valence electrons. The Morgan fingerprint density at radius 3 is 0.847 bits per heavy atom. The van der Waals surface area contributed by atoms with E-state index >= 15 is 0 Å². The third kappa shape index (κ3) is 25.3. The summed E-state index contributed by atoms with van der Waals surface area (Å²) in [6.07, 6.45) is 32.2. The zero-order valence-electron chi connectivity index (χ0n) is 82.5. The molecule has 0 amide bonds. The van der Waals surface area contributed by atoms with Gasteiger partial charge in [0.15, 0.2) is 65.4 Å². The Morgan fingerprint density at radius 1 is 0.292 bits per heavy atom. The zero-order valence-corrected chi connectivity index (χ0v) is 85.8. The molecule has 12 aromatic rings. The van der Waals surface area contributed by atoms with Gasteiger partial charge < -0.3 is 23.7 Å². The Hall–Kier alpha value is -10.3. The molecule has 0 spiro atoms. The van der Waals surface area contributed by atoms with Gasteiger partial charge in [-0.15, -0.1) is 0 Å². The minimum Gasteiger partial charge on any atom is -0.481 e. The van der Waals surface area contributed by atoms with Crippen molar-refractivity contribution in [2.45, 2.75) is 313 Å². The molecule has 9 aliphatic rings. The zero-order chi connectivity index (χ0) is 95.4. The van der Waals surface area contributed by atoms with Gasteiger partial charge in [-0.1, -0.05) is 211 Å². The van der Waals surface area contributed by atoms with Crippen LogP contribution in [-0.4, -0.2) is 36.1 Å². The molecule has 0 N–H and O–H groups in total. The van der Waals surface area contributed by atoms with Crippen LogP contribution in [0.3, 0.4) is 0 Å². The molecule has 21 rings (SSSR count). The van der Waals surface area contributed by atoms with E-state index in [2.05, 4.69) is 347 Å². The predicted octanol–water partition coefficient (Wildman–Crippen LogP) is 31.7. The lowest BCUT2D eigenvalue weighted by Crippen LogP contribution is -2.51. The van der Waals surface area contributed by atoms with E-state index in [0.717, 1.165) is 167 Å².